The molecule has 0 atom stereocenters. The molecular weight excluding hydrogens is 388 g/mol. The van der Waals surface area contributed by atoms with Crippen LogP contribution in [0.2, 0.25) is 0 Å². The number of nitrogens with zero attached hydrogens (tertiary/aromatic N) is 2. The zero-order chi connectivity index (χ0) is 20.6. The number of anilines is 1. The van der Waals surface area contributed by atoms with Crippen molar-refractivity contribution in [3.8, 4) is 5.75 Å². The van der Waals surface area contributed by atoms with Gasteiger partial charge < -0.3 is 15.4 Å². The van der Waals surface area contributed by atoms with Gasteiger partial charge in [-0.25, -0.2) is 0 Å². The molecule has 0 radical (unpaired) electrons. The van der Waals surface area contributed by atoms with Crippen LogP contribution >= 0.6 is 11.3 Å². The van der Waals surface area contributed by atoms with E-state index in [0.717, 1.165) is 5.56 Å². The third-order valence-electron chi connectivity index (χ3n) is 4.19. The molecule has 0 fully saturated rings. The maximum atomic E-state index is 12.3. The molecule has 2 N–H and O–H groups in total. The highest BCUT2D eigenvalue weighted by Gasteiger charge is 2.14. The lowest BCUT2D eigenvalue weighted by atomic mass is 10.1. The smallest absolute Gasteiger partial charge is 0.286 e. The molecule has 8 heteroatoms. The van der Waals surface area contributed by atoms with Crippen LogP contribution in [0.4, 0.5) is 5.69 Å². The monoisotopic (exact) mass is 410 g/mol. The van der Waals surface area contributed by atoms with Gasteiger partial charge in [0.05, 0.1) is 7.11 Å². The van der Waals surface area contributed by atoms with Gasteiger partial charge in [0.2, 0.25) is 10.9 Å². The van der Waals surface area contributed by atoms with E-state index in [9.17, 15) is 9.59 Å². The SMILES string of the molecule is COc1ccc(NC(=O)c2nnc(CCC(=O)NCc3ccc(C)cc3)s2)cc1. The van der Waals surface area contributed by atoms with Crippen LogP contribution < -0.4 is 15.4 Å². The molecule has 1 aromatic heterocycles. The van der Waals surface area contributed by atoms with Crippen LogP contribution in [-0.4, -0.2) is 29.1 Å². The number of aromatic nitrogens is 2. The summed E-state index contributed by atoms with van der Waals surface area (Å²) in [6.45, 7) is 2.51. The van der Waals surface area contributed by atoms with Gasteiger partial charge in [-0.3, -0.25) is 9.59 Å². The highest BCUT2D eigenvalue weighted by atomic mass is 32.1. The zero-order valence-corrected chi connectivity index (χ0v) is 17.1. The zero-order valence-electron chi connectivity index (χ0n) is 16.3. The summed E-state index contributed by atoms with van der Waals surface area (Å²) < 4.78 is 5.09. The van der Waals surface area contributed by atoms with Crippen molar-refractivity contribution in [1.82, 2.24) is 15.5 Å². The van der Waals surface area contributed by atoms with E-state index in [-0.39, 0.29) is 16.8 Å². The van der Waals surface area contributed by atoms with E-state index in [0.29, 0.717) is 35.8 Å². The van der Waals surface area contributed by atoms with Crippen LogP contribution in [0.25, 0.3) is 0 Å². The van der Waals surface area contributed by atoms with E-state index >= 15 is 0 Å². The molecule has 0 aliphatic heterocycles. The van der Waals surface area contributed by atoms with Crippen molar-refractivity contribution in [2.24, 2.45) is 0 Å². The molecule has 1 heterocycles. The van der Waals surface area contributed by atoms with Gasteiger partial charge in [-0.1, -0.05) is 41.2 Å². The summed E-state index contributed by atoms with van der Waals surface area (Å²) in [7, 11) is 1.58. The van der Waals surface area contributed by atoms with E-state index in [4.69, 9.17) is 4.74 Å². The first kappa shape index (κ1) is 20.5. The van der Waals surface area contributed by atoms with Gasteiger partial charge in [-0.05, 0) is 36.8 Å². The fourth-order valence-electron chi connectivity index (χ4n) is 2.52. The highest BCUT2D eigenvalue weighted by Crippen LogP contribution is 2.17. The Morgan fingerprint density at radius 2 is 1.76 bits per heavy atom. The minimum Gasteiger partial charge on any atom is -0.497 e. The van der Waals surface area contributed by atoms with E-state index in [1.165, 1.54) is 16.9 Å². The number of carbonyl (C=O) groups excluding carboxylic acids is 2. The predicted octanol–water partition coefficient (Wildman–Crippen LogP) is 3.36. The Morgan fingerprint density at radius 3 is 2.45 bits per heavy atom. The molecule has 2 amide bonds. The normalized spacial score (nSPS) is 10.4. The fraction of sp³-hybridized carbons (Fsp3) is 0.238. The number of aryl methyl sites for hydroxylation is 2. The van der Waals surface area contributed by atoms with Gasteiger partial charge in [0.1, 0.15) is 10.8 Å². The topological polar surface area (TPSA) is 93.2 Å². The van der Waals surface area contributed by atoms with Gasteiger partial charge in [0, 0.05) is 25.1 Å². The van der Waals surface area contributed by atoms with Gasteiger partial charge in [-0.15, -0.1) is 10.2 Å². The van der Waals surface area contributed by atoms with Crippen LogP contribution in [-0.2, 0) is 17.8 Å². The molecule has 150 valence electrons. The summed E-state index contributed by atoms with van der Waals surface area (Å²) in [6.07, 6.45) is 0.730. The van der Waals surface area contributed by atoms with Crippen molar-refractivity contribution in [3.05, 3.63) is 69.7 Å². The number of ether oxygens (including phenoxy) is 1. The predicted molar refractivity (Wildman–Crippen MR) is 112 cm³/mol. The first-order valence-corrected chi connectivity index (χ1v) is 9.95. The molecule has 29 heavy (non-hydrogen) atoms. The number of hydrogen-bond donors (Lipinski definition) is 2. The maximum Gasteiger partial charge on any atom is 0.286 e. The molecule has 0 spiro atoms. The van der Waals surface area contributed by atoms with Crippen LogP contribution in [0.5, 0.6) is 5.75 Å². The molecular formula is C21H22N4O3S. The Balaban J connectivity index is 1.45. The Kier molecular flexibility index (Phi) is 6.91. The Hall–Kier alpha value is -3.26. The molecule has 2 aromatic carbocycles. The average Bonchev–Trinajstić information content (AvgIpc) is 3.22. The number of nitrogens with one attached hydrogen (secondary N) is 2. The third kappa shape index (κ3) is 6.11. The Bertz CT molecular complexity index is 968. The van der Waals surface area contributed by atoms with Crippen molar-refractivity contribution in [1.29, 1.82) is 0 Å². The minimum absolute atomic E-state index is 0.0648. The molecule has 0 aliphatic carbocycles. The van der Waals surface area contributed by atoms with Gasteiger partial charge >= 0.3 is 0 Å². The quantitative estimate of drug-likeness (QED) is 0.594. The van der Waals surface area contributed by atoms with Gasteiger partial charge in [0.15, 0.2) is 0 Å². The van der Waals surface area contributed by atoms with Crippen LogP contribution in [0, 0.1) is 6.92 Å². The molecule has 0 unspecified atom stereocenters. The fourth-order valence-corrected chi connectivity index (χ4v) is 3.26. The molecule has 3 rings (SSSR count). The van der Waals surface area contributed by atoms with E-state index in [1.54, 1.807) is 31.4 Å². The summed E-state index contributed by atoms with van der Waals surface area (Å²) >= 11 is 1.19. The molecule has 0 bridgehead atoms. The number of rotatable bonds is 8. The summed E-state index contributed by atoms with van der Waals surface area (Å²) in [5.74, 6) is 0.314. The van der Waals surface area contributed by atoms with Gasteiger partial charge in [-0.2, -0.15) is 0 Å². The summed E-state index contributed by atoms with van der Waals surface area (Å²) in [5.41, 5.74) is 2.88. The lowest BCUT2D eigenvalue weighted by molar-refractivity contribution is -0.121. The van der Waals surface area contributed by atoms with Gasteiger partial charge in [0.25, 0.3) is 5.91 Å². The number of hydrogen-bond acceptors (Lipinski definition) is 6. The van der Waals surface area contributed by atoms with E-state index in [2.05, 4.69) is 20.8 Å². The van der Waals surface area contributed by atoms with Crippen LogP contribution in [0.15, 0.2) is 48.5 Å². The van der Waals surface area contributed by atoms with Crippen molar-refractivity contribution in [2.75, 3.05) is 12.4 Å². The maximum absolute atomic E-state index is 12.3. The Morgan fingerprint density at radius 1 is 1.03 bits per heavy atom. The van der Waals surface area contributed by atoms with Crippen molar-refractivity contribution in [2.45, 2.75) is 26.3 Å². The number of benzene rings is 2. The Labute approximate surface area is 173 Å². The first-order valence-electron chi connectivity index (χ1n) is 9.13. The summed E-state index contributed by atoms with van der Waals surface area (Å²) in [4.78, 5) is 24.3. The second-order valence-corrected chi connectivity index (χ2v) is 7.51. The molecule has 0 aliphatic rings. The second kappa shape index (κ2) is 9.79. The van der Waals surface area contributed by atoms with E-state index < -0.39 is 0 Å². The average molecular weight is 410 g/mol. The summed E-state index contributed by atoms with van der Waals surface area (Å²) in [5, 5.41) is 14.5. The van der Waals surface area contributed by atoms with Crippen molar-refractivity contribution in [3.63, 3.8) is 0 Å². The largest absolute Gasteiger partial charge is 0.497 e. The second-order valence-electron chi connectivity index (χ2n) is 6.45. The van der Waals surface area contributed by atoms with Crippen LogP contribution in [0.1, 0.15) is 32.4 Å². The van der Waals surface area contributed by atoms with E-state index in [1.807, 2.05) is 31.2 Å². The number of carbonyl (C=O) groups is 2. The minimum atomic E-state index is -0.331. The summed E-state index contributed by atoms with van der Waals surface area (Å²) in [6, 6.07) is 15.0. The van der Waals surface area contributed by atoms with Crippen molar-refractivity contribution < 1.29 is 14.3 Å². The highest BCUT2D eigenvalue weighted by molar-refractivity contribution is 7.13. The molecule has 7 nitrogen and oxygen atoms in total. The first-order chi connectivity index (χ1) is 14.0. The molecule has 0 saturated carbocycles. The molecule has 0 saturated heterocycles. The third-order valence-corrected chi connectivity index (χ3v) is 5.17. The van der Waals surface area contributed by atoms with Crippen molar-refractivity contribution >= 4 is 28.8 Å². The lowest BCUT2D eigenvalue weighted by Gasteiger charge is -2.05. The lowest BCUT2D eigenvalue weighted by Crippen LogP contribution is -2.22. The molecule has 3 aromatic rings. The standard InChI is InChI=1S/C21H22N4O3S/c1-14-3-5-15(6-4-14)13-22-18(26)11-12-19-24-25-21(29-19)20(27)23-16-7-9-17(28-2)10-8-16/h3-10H,11-13H2,1-2H3,(H,22,26)(H,23,27). The number of methoxy groups -OCH3 is 1. The number of amides is 2. The van der Waals surface area contributed by atoms with Crippen LogP contribution in [0.3, 0.4) is 0 Å².